The molecule has 1 aromatic rings. The monoisotopic (exact) mass is 323 g/mol. The predicted molar refractivity (Wildman–Crippen MR) is 86.2 cm³/mol. The van der Waals surface area contributed by atoms with Crippen LogP contribution in [0.3, 0.4) is 0 Å². The van der Waals surface area contributed by atoms with Gasteiger partial charge in [-0.1, -0.05) is 6.07 Å². The van der Waals surface area contributed by atoms with Crippen molar-refractivity contribution in [2.24, 2.45) is 0 Å². The van der Waals surface area contributed by atoms with Gasteiger partial charge in [0.2, 0.25) is 0 Å². The van der Waals surface area contributed by atoms with E-state index in [1.165, 1.54) is 18.2 Å². The SMILES string of the molecule is C[NH+](CC(=O)Nc1cccc([N+](=O)[O-])c1)CC(=O)NC(C)(C)C. The lowest BCUT2D eigenvalue weighted by Crippen LogP contribution is -3.11. The molecule has 126 valence electrons. The smallest absolute Gasteiger partial charge is 0.279 e. The number of carbonyl (C=O) groups excluding carboxylic acids is 2. The highest BCUT2D eigenvalue weighted by molar-refractivity contribution is 5.91. The maximum Gasteiger partial charge on any atom is 0.279 e. The van der Waals surface area contributed by atoms with Crippen LogP contribution in [0.4, 0.5) is 11.4 Å². The molecule has 1 unspecified atom stereocenters. The van der Waals surface area contributed by atoms with Gasteiger partial charge in [0, 0.05) is 23.4 Å². The molecule has 8 heteroatoms. The van der Waals surface area contributed by atoms with Gasteiger partial charge in [0.15, 0.2) is 13.1 Å². The molecular formula is C15H23N4O4+. The van der Waals surface area contributed by atoms with Crippen LogP contribution in [0.15, 0.2) is 24.3 Å². The van der Waals surface area contributed by atoms with Crippen LogP contribution in [0.5, 0.6) is 0 Å². The van der Waals surface area contributed by atoms with E-state index in [0.29, 0.717) is 5.69 Å². The summed E-state index contributed by atoms with van der Waals surface area (Å²) in [6.45, 7) is 5.90. The number of hydrogen-bond acceptors (Lipinski definition) is 4. The molecule has 0 heterocycles. The fraction of sp³-hybridized carbons (Fsp3) is 0.467. The van der Waals surface area contributed by atoms with Gasteiger partial charge in [-0.05, 0) is 26.8 Å². The Bertz CT molecular complexity index is 595. The average Bonchev–Trinajstić information content (AvgIpc) is 2.35. The highest BCUT2D eigenvalue weighted by Crippen LogP contribution is 2.16. The number of nitrogens with one attached hydrogen (secondary N) is 3. The zero-order valence-corrected chi connectivity index (χ0v) is 13.8. The van der Waals surface area contributed by atoms with Crippen molar-refractivity contribution in [1.29, 1.82) is 0 Å². The zero-order chi connectivity index (χ0) is 17.6. The minimum absolute atomic E-state index is 0.0836. The van der Waals surface area contributed by atoms with E-state index in [0.717, 1.165) is 4.90 Å². The summed E-state index contributed by atoms with van der Waals surface area (Å²) >= 11 is 0. The third kappa shape index (κ3) is 7.37. The van der Waals surface area contributed by atoms with Crippen molar-refractivity contribution < 1.29 is 19.4 Å². The molecule has 23 heavy (non-hydrogen) atoms. The molecule has 0 aliphatic carbocycles. The second kappa shape index (κ2) is 7.68. The van der Waals surface area contributed by atoms with Gasteiger partial charge in [0.25, 0.3) is 17.5 Å². The van der Waals surface area contributed by atoms with Gasteiger partial charge < -0.3 is 15.5 Å². The summed E-state index contributed by atoms with van der Waals surface area (Å²) in [6.07, 6.45) is 0. The number of hydrogen-bond donors (Lipinski definition) is 3. The molecule has 1 rings (SSSR count). The molecule has 0 aromatic heterocycles. The van der Waals surface area contributed by atoms with Crippen LogP contribution >= 0.6 is 0 Å². The summed E-state index contributed by atoms with van der Waals surface area (Å²) in [7, 11) is 1.73. The minimum atomic E-state index is -0.524. The molecule has 0 radical (unpaired) electrons. The van der Waals surface area contributed by atoms with E-state index in [1.54, 1.807) is 13.1 Å². The number of benzene rings is 1. The highest BCUT2D eigenvalue weighted by Gasteiger charge is 2.19. The Hall–Kier alpha value is -2.48. The van der Waals surface area contributed by atoms with E-state index in [9.17, 15) is 19.7 Å². The van der Waals surface area contributed by atoms with E-state index in [4.69, 9.17) is 0 Å². The van der Waals surface area contributed by atoms with Gasteiger partial charge in [0.1, 0.15) is 0 Å². The van der Waals surface area contributed by atoms with Crippen molar-refractivity contribution in [3.05, 3.63) is 34.4 Å². The average molecular weight is 323 g/mol. The highest BCUT2D eigenvalue weighted by atomic mass is 16.6. The molecule has 0 aliphatic heterocycles. The second-order valence-corrected chi connectivity index (χ2v) is 6.46. The molecule has 1 aromatic carbocycles. The van der Waals surface area contributed by atoms with Crippen molar-refractivity contribution in [1.82, 2.24) is 5.32 Å². The van der Waals surface area contributed by atoms with Crippen LogP contribution in [0, 0.1) is 10.1 Å². The van der Waals surface area contributed by atoms with E-state index < -0.39 is 4.92 Å². The van der Waals surface area contributed by atoms with Crippen LogP contribution in [0.2, 0.25) is 0 Å². The first-order valence-corrected chi connectivity index (χ1v) is 7.23. The van der Waals surface area contributed by atoms with Gasteiger partial charge in [-0.3, -0.25) is 19.7 Å². The van der Waals surface area contributed by atoms with Gasteiger partial charge in [-0.25, -0.2) is 0 Å². The fourth-order valence-electron chi connectivity index (χ4n) is 1.98. The number of nitrogens with zero attached hydrogens (tertiary/aromatic N) is 1. The summed E-state index contributed by atoms with van der Waals surface area (Å²) in [5, 5.41) is 16.1. The number of carbonyl (C=O) groups is 2. The lowest BCUT2D eigenvalue weighted by molar-refractivity contribution is -0.862. The first-order valence-electron chi connectivity index (χ1n) is 7.23. The number of amides is 2. The normalized spacial score (nSPS) is 12.3. The topological polar surface area (TPSA) is 106 Å². The minimum Gasteiger partial charge on any atom is -0.347 e. The molecule has 0 bridgehead atoms. The molecule has 8 nitrogen and oxygen atoms in total. The van der Waals surface area contributed by atoms with Crippen molar-refractivity contribution in [2.75, 3.05) is 25.5 Å². The number of anilines is 1. The molecule has 1 atom stereocenters. The zero-order valence-electron chi connectivity index (χ0n) is 13.8. The summed E-state index contributed by atoms with van der Waals surface area (Å²) in [6, 6.07) is 5.72. The van der Waals surface area contributed by atoms with Gasteiger partial charge in [0.05, 0.1) is 12.0 Å². The largest absolute Gasteiger partial charge is 0.347 e. The maximum absolute atomic E-state index is 11.9. The number of nitro groups is 1. The lowest BCUT2D eigenvalue weighted by Gasteiger charge is -2.21. The Morgan fingerprint density at radius 2 is 1.83 bits per heavy atom. The van der Waals surface area contributed by atoms with Gasteiger partial charge >= 0.3 is 0 Å². The summed E-state index contributed by atoms with van der Waals surface area (Å²) < 4.78 is 0. The fourth-order valence-corrected chi connectivity index (χ4v) is 1.98. The molecule has 0 saturated carbocycles. The Labute approximate surface area is 135 Å². The Kier molecular flexibility index (Phi) is 6.20. The maximum atomic E-state index is 11.9. The number of non-ortho nitro benzene ring substituents is 1. The van der Waals surface area contributed by atoms with Crippen molar-refractivity contribution in [2.45, 2.75) is 26.3 Å². The quantitative estimate of drug-likeness (QED) is 0.504. The van der Waals surface area contributed by atoms with Gasteiger partial charge in [-0.15, -0.1) is 0 Å². The predicted octanol–water partition coefficient (Wildman–Crippen LogP) is -0.0373. The number of nitro benzene ring substituents is 1. The summed E-state index contributed by atoms with van der Waals surface area (Å²) in [4.78, 5) is 34.6. The van der Waals surface area contributed by atoms with E-state index in [2.05, 4.69) is 10.6 Å². The first kappa shape index (κ1) is 18.6. The van der Waals surface area contributed by atoms with E-state index >= 15 is 0 Å². The van der Waals surface area contributed by atoms with Crippen molar-refractivity contribution >= 4 is 23.2 Å². The van der Waals surface area contributed by atoms with Crippen LogP contribution in [0.25, 0.3) is 0 Å². The lowest BCUT2D eigenvalue weighted by atomic mass is 10.1. The Morgan fingerprint density at radius 1 is 1.22 bits per heavy atom. The number of likely N-dealkylation sites (N-methyl/N-ethyl adjacent to an activating group) is 1. The number of rotatable bonds is 6. The van der Waals surface area contributed by atoms with Crippen LogP contribution < -0.4 is 15.5 Å². The summed E-state index contributed by atoms with van der Waals surface area (Å²) in [5.41, 5.74) is -0.0491. The van der Waals surface area contributed by atoms with Crippen molar-refractivity contribution in [3.63, 3.8) is 0 Å². The molecule has 3 N–H and O–H groups in total. The molecule has 0 fully saturated rings. The van der Waals surface area contributed by atoms with E-state index in [1.807, 2.05) is 20.8 Å². The molecule has 0 aliphatic rings. The van der Waals surface area contributed by atoms with Crippen molar-refractivity contribution in [3.8, 4) is 0 Å². The Balaban J connectivity index is 2.51. The molecule has 2 amide bonds. The molecular weight excluding hydrogens is 300 g/mol. The molecule has 0 saturated heterocycles. The molecule has 0 spiro atoms. The van der Waals surface area contributed by atoms with Gasteiger partial charge in [-0.2, -0.15) is 0 Å². The number of quaternary nitrogens is 1. The van der Waals surface area contributed by atoms with Crippen LogP contribution in [-0.4, -0.2) is 42.4 Å². The third-order valence-electron chi connectivity index (χ3n) is 2.78. The standard InChI is InChI=1S/C15H22N4O4/c1-15(2,3)17-14(21)10-18(4)9-13(20)16-11-6-5-7-12(8-11)19(22)23/h5-8H,9-10H2,1-4H3,(H,16,20)(H,17,21)/p+1. The Morgan fingerprint density at radius 3 is 2.39 bits per heavy atom. The first-order chi connectivity index (χ1) is 10.6. The van der Waals surface area contributed by atoms with Crippen LogP contribution in [-0.2, 0) is 9.59 Å². The second-order valence-electron chi connectivity index (χ2n) is 6.46. The third-order valence-corrected chi connectivity index (χ3v) is 2.78. The summed E-state index contributed by atoms with van der Waals surface area (Å²) in [5.74, 6) is -0.454. The van der Waals surface area contributed by atoms with Crippen LogP contribution in [0.1, 0.15) is 20.8 Å². The van der Waals surface area contributed by atoms with E-state index in [-0.39, 0.29) is 36.1 Å².